The smallest absolute Gasteiger partial charge is 0.223 e. The number of rotatable bonds is 6. The van der Waals surface area contributed by atoms with Crippen LogP contribution < -0.4 is 5.32 Å². The lowest BCUT2D eigenvalue weighted by atomic mass is 9.94. The predicted molar refractivity (Wildman–Crippen MR) is 117 cm³/mol. The van der Waals surface area contributed by atoms with Gasteiger partial charge in [0, 0.05) is 17.5 Å². The minimum atomic E-state index is 0.0938. The van der Waals surface area contributed by atoms with Gasteiger partial charge in [0.05, 0.1) is 6.04 Å². The van der Waals surface area contributed by atoms with E-state index in [4.69, 9.17) is 11.6 Å². The average molecular weight is 399 g/mol. The van der Waals surface area contributed by atoms with Crippen LogP contribution in [0.5, 0.6) is 0 Å². The quantitative estimate of drug-likeness (QED) is 0.702. The Morgan fingerprint density at radius 3 is 2.54 bits per heavy atom. The molecule has 1 atom stereocenters. The van der Waals surface area contributed by atoms with E-state index in [9.17, 15) is 4.79 Å². The normalized spacial score (nSPS) is 16.7. The molecule has 150 valence electrons. The van der Waals surface area contributed by atoms with Gasteiger partial charge in [-0.25, -0.2) is 0 Å². The molecular weight excluding hydrogens is 368 g/mol. The topological polar surface area (TPSA) is 32.3 Å². The fourth-order valence-corrected chi connectivity index (χ4v) is 4.15. The first kappa shape index (κ1) is 20.9. The number of carbonyl (C=O) groups is 1. The minimum Gasteiger partial charge on any atom is -0.349 e. The SMILES string of the molecule is CC[C@H](NC(=O)C1CCN(Cc2cccc(Cl)c2)CC1)c1ccc(C)c(C)c1. The van der Waals surface area contributed by atoms with Gasteiger partial charge in [-0.2, -0.15) is 0 Å². The van der Waals surface area contributed by atoms with Crippen molar-refractivity contribution in [3.05, 3.63) is 69.7 Å². The molecule has 0 radical (unpaired) electrons. The molecule has 0 bridgehead atoms. The number of benzene rings is 2. The first-order chi connectivity index (χ1) is 13.5. The van der Waals surface area contributed by atoms with Crippen LogP contribution in [0, 0.1) is 19.8 Å². The maximum absolute atomic E-state index is 12.9. The summed E-state index contributed by atoms with van der Waals surface area (Å²) in [5.74, 6) is 0.309. The summed E-state index contributed by atoms with van der Waals surface area (Å²) in [6, 6.07) is 14.6. The Bertz CT molecular complexity index is 812. The van der Waals surface area contributed by atoms with Gasteiger partial charge < -0.3 is 5.32 Å². The monoisotopic (exact) mass is 398 g/mol. The third-order valence-corrected chi connectivity index (χ3v) is 6.15. The highest BCUT2D eigenvalue weighted by molar-refractivity contribution is 6.30. The van der Waals surface area contributed by atoms with Crippen LogP contribution in [0.25, 0.3) is 0 Å². The first-order valence-electron chi connectivity index (χ1n) is 10.3. The summed E-state index contributed by atoms with van der Waals surface area (Å²) in [6.07, 6.45) is 2.73. The van der Waals surface area contributed by atoms with E-state index in [0.29, 0.717) is 0 Å². The fraction of sp³-hybridized carbons (Fsp3) is 0.458. The Hall–Kier alpha value is -1.84. The van der Waals surface area contributed by atoms with Crippen LogP contribution >= 0.6 is 11.6 Å². The lowest BCUT2D eigenvalue weighted by Gasteiger charge is -2.32. The highest BCUT2D eigenvalue weighted by Crippen LogP contribution is 2.24. The molecule has 4 heteroatoms. The van der Waals surface area contributed by atoms with Gasteiger partial charge >= 0.3 is 0 Å². The van der Waals surface area contributed by atoms with Gasteiger partial charge in [-0.3, -0.25) is 9.69 Å². The predicted octanol–water partition coefficient (Wildman–Crippen LogP) is 5.44. The van der Waals surface area contributed by atoms with Gasteiger partial charge in [0.25, 0.3) is 0 Å². The van der Waals surface area contributed by atoms with Gasteiger partial charge in [-0.05, 0) is 80.6 Å². The highest BCUT2D eigenvalue weighted by Gasteiger charge is 2.26. The van der Waals surface area contributed by atoms with Gasteiger partial charge in [-0.1, -0.05) is 48.9 Å². The summed E-state index contributed by atoms with van der Waals surface area (Å²) in [6.45, 7) is 9.18. The Labute approximate surface area is 174 Å². The van der Waals surface area contributed by atoms with Crippen molar-refractivity contribution >= 4 is 17.5 Å². The molecule has 2 aromatic carbocycles. The third kappa shape index (κ3) is 5.36. The number of hydrogen-bond acceptors (Lipinski definition) is 2. The summed E-state index contributed by atoms with van der Waals surface area (Å²) in [5, 5.41) is 4.08. The molecule has 0 spiro atoms. The highest BCUT2D eigenvalue weighted by atomic mass is 35.5. The Kier molecular flexibility index (Phi) is 7.14. The van der Waals surface area contributed by atoms with E-state index in [1.54, 1.807) is 0 Å². The number of nitrogens with zero attached hydrogens (tertiary/aromatic N) is 1. The molecule has 0 unspecified atom stereocenters. The van der Waals surface area contributed by atoms with Crippen LogP contribution in [0.15, 0.2) is 42.5 Å². The molecule has 3 rings (SSSR count). The van der Waals surface area contributed by atoms with Crippen molar-refractivity contribution in [2.45, 2.75) is 52.6 Å². The van der Waals surface area contributed by atoms with Crippen molar-refractivity contribution in [1.29, 1.82) is 0 Å². The van der Waals surface area contributed by atoms with Crippen LogP contribution in [0.2, 0.25) is 5.02 Å². The molecule has 0 aliphatic carbocycles. The lowest BCUT2D eigenvalue weighted by Crippen LogP contribution is -2.41. The van der Waals surface area contributed by atoms with E-state index >= 15 is 0 Å². The molecule has 1 amide bonds. The second kappa shape index (κ2) is 9.58. The molecular formula is C24H31ClN2O. The van der Waals surface area contributed by atoms with E-state index in [-0.39, 0.29) is 17.9 Å². The molecule has 28 heavy (non-hydrogen) atoms. The number of nitrogens with one attached hydrogen (secondary N) is 1. The molecule has 3 nitrogen and oxygen atoms in total. The van der Waals surface area contributed by atoms with Crippen LogP contribution in [0.3, 0.4) is 0 Å². The zero-order valence-electron chi connectivity index (χ0n) is 17.2. The number of aryl methyl sites for hydroxylation is 2. The largest absolute Gasteiger partial charge is 0.349 e. The maximum Gasteiger partial charge on any atom is 0.223 e. The molecule has 0 saturated carbocycles. The minimum absolute atomic E-state index is 0.0938. The number of hydrogen-bond donors (Lipinski definition) is 1. The number of likely N-dealkylation sites (tertiary alicyclic amines) is 1. The van der Waals surface area contributed by atoms with Crippen LogP contribution in [-0.4, -0.2) is 23.9 Å². The zero-order chi connectivity index (χ0) is 20.1. The summed E-state index contributed by atoms with van der Waals surface area (Å²) >= 11 is 6.09. The number of halogens is 1. The van der Waals surface area contributed by atoms with Crippen molar-refractivity contribution in [1.82, 2.24) is 10.2 Å². The van der Waals surface area contributed by atoms with Gasteiger partial charge in [0.1, 0.15) is 0 Å². The standard InChI is InChI=1S/C24H31ClN2O/c1-4-23(21-9-8-17(2)18(3)14-21)26-24(28)20-10-12-27(13-11-20)16-19-6-5-7-22(25)15-19/h5-9,14-15,20,23H,4,10-13,16H2,1-3H3,(H,26,28)/t23-/m0/s1. The molecule has 2 aromatic rings. The van der Waals surface area contributed by atoms with Crippen molar-refractivity contribution in [3.63, 3.8) is 0 Å². The van der Waals surface area contributed by atoms with E-state index in [2.05, 4.69) is 55.3 Å². The molecule has 1 aliphatic heterocycles. The zero-order valence-corrected chi connectivity index (χ0v) is 17.9. The van der Waals surface area contributed by atoms with Crippen molar-refractivity contribution in [2.75, 3.05) is 13.1 Å². The first-order valence-corrected chi connectivity index (χ1v) is 10.7. The van der Waals surface area contributed by atoms with Crippen molar-refractivity contribution in [3.8, 4) is 0 Å². The van der Waals surface area contributed by atoms with Crippen LogP contribution in [0.1, 0.15) is 54.5 Å². The van der Waals surface area contributed by atoms with Crippen LogP contribution in [-0.2, 0) is 11.3 Å². The van der Waals surface area contributed by atoms with Crippen molar-refractivity contribution in [2.24, 2.45) is 5.92 Å². The Morgan fingerprint density at radius 1 is 1.14 bits per heavy atom. The average Bonchev–Trinajstić information content (AvgIpc) is 2.69. The van der Waals surface area contributed by atoms with E-state index in [1.807, 2.05) is 18.2 Å². The second-order valence-electron chi connectivity index (χ2n) is 7.99. The summed E-state index contributed by atoms with van der Waals surface area (Å²) in [7, 11) is 0. The number of piperidine rings is 1. The second-order valence-corrected chi connectivity index (χ2v) is 8.43. The van der Waals surface area contributed by atoms with Gasteiger partial charge in [-0.15, -0.1) is 0 Å². The summed E-state index contributed by atoms with van der Waals surface area (Å²) in [4.78, 5) is 15.3. The molecule has 0 aromatic heterocycles. The van der Waals surface area contributed by atoms with E-state index in [1.165, 1.54) is 22.3 Å². The lowest BCUT2D eigenvalue weighted by molar-refractivity contribution is -0.127. The molecule has 1 N–H and O–H groups in total. The number of amides is 1. The van der Waals surface area contributed by atoms with E-state index < -0.39 is 0 Å². The van der Waals surface area contributed by atoms with E-state index in [0.717, 1.165) is 43.9 Å². The van der Waals surface area contributed by atoms with Gasteiger partial charge in [0.2, 0.25) is 5.91 Å². The molecule has 1 saturated heterocycles. The molecule has 1 aliphatic rings. The Morgan fingerprint density at radius 2 is 1.89 bits per heavy atom. The third-order valence-electron chi connectivity index (χ3n) is 5.91. The van der Waals surface area contributed by atoms with Crippen LogP contribution in [0.4, 0.5) is 0 Å². The van der Waals surface area contributed by atoms with Gasteiger partial charge in [0.15, 0.2) is 0 Å². The molecule has 1 heterocycles. The Balaban J connectivity index is 1.53. The van der Waals surface area contributed by atoms with Crippen molar-refractivity contribution < 1.29 is 4.79 Å². The summed E-state index contributed by atoms with van der Waals surface area (Å²) < 4.78 is 0. The molecule has 1 fully saturated rings. The maximum atomic E-state index is 12.9. The fourth-order valence-electron chi connectivity index (χ4n) is 3.94. The summed E-state index contributed by atoms with van der Waals surface area (Å²) in [5.41, 5.74) is 5.00. The number of carbonyl (C=O) groups excluding carboxylic acids is 1.